The summed E-state index contributed by atoms with van der Waals surface area (Å²) in [6.07, 6.45) is 5.82. The molecule has 122 valence electrons. The lowest BCUT2D eigenvalue weighted by molar-refractivity contribution is 0.235. The van der Waals surface area contributed by atoms with Gasteiger partial charge in [0.05, 0.1) is 6.04 Å². The Morgan fingerprint density at radius 1 is 1.25 bits per heavy atom. The highest BCUT2D eigenvalue weighted by Crippen LogP contribution is 2.40. The summed E-state index contributed by atoms with van der Waals surface area (Å²) in [7, 11) is 0. The van der Waals surface area contributed by atoms with Crippen LogP contribution in [0.25, 0.3) is 11.0 Å². The Labute approximate surface area is 138 Å². The van der Waals surface area contributed by atoms with Crippen LogP contribution in [0.2, 0.25) is 0 Å². The minimum absolute atomic E-state index is 0.0147. The third-order valence-electron chi connectivity index (χ3n) is 4.19. The van der Waals surface area contributed by atoms with Crippen LogP contribution in [-0.4, -0.2) is 21.3 Å². The molecular weight excluding hydrogens is 306 g/mol. The highest BCUT2D eigenvalue weighted by atomic mass is 16.6. The Hall–Kier alpha value is -2.96. The average molecular weight is 323 g/mol. The second-order valence-electron chi connectivity index (χ2n) is 6.02. The van der Waals surface area contributed by atoms with Crippen LogP contribution in [-0.2, 0) is 6.54 Å². The molecule has 2 heterocycles. The Balaban J connectivity index is 1.38. The van der Waals surface area contributed by atoms with Crippen molar-refractivity contribution in [2.24, 2.45) is 5.92 Å². The summed E-state index contributed by atoms with van der Waals surface area (Å²) in [5, 5.41) is 13.5. The Morgan fingerprint density at radius 2 is 2.12 bits per heavy atom. The van der Waals surface area contributed by atoms with E-state index >= 15 is 0 Å². The molecule has 1 fully saturated rings. The molecule has 0 aliphatic heterocycles. The smallest absolute Gasteiger partial charge is 0.315 e. The van der Waals surface area contributed by atoms with Gasteiger partial charge in [0.15, 0.2) is 0 Å². The number of nitrogens with zero attached hydrogens (tertiary/aromatic N) is 3. The lowest BCUT2D eigenvalue weighted by Crippen LogP contribution is -2.38. The van der Waals surface area contributed by atoms with E-state index in [1.807, 2.05) is 36.5 Å². The zero-order valence-electron chi connectivity index (χ0n) is 13.0. The average Bonchev–Trinajstić information content (AvgIpc) is 3.35. The molecule has 0 spiro atoms. The van der Waals surface area contributed by atoms with Crippen molar-refractivity contribution in [3.63, 3.8) is 0 Å². The molecule has 24 heavy (non-hydrogen) atoms. The zero-order chi connectivity index (χ0) is 16.4. The van der Waals surface area contributed by atoms with Crippen molar-refractivity contribution >= 4 is 17.1 Å². The van der Waals surface area contributed by atoms with E-state index in [-0.39, 0.29) is 12.1 Å². The number of urea groups is 1. The second kappa shape index (κ2) is 6.27. The van der Waals surface area contributed by atoms with E-state index in [2.05, 4.69) is 30.6 Å². The molecule has 1 aromatic carbocycles. The predicted molar refractivity (Wildman–Crippen MR) is 86.9 cm³/mol. The molecule has 3 aromatic rings. The summed E-state index contributed by atoms with van der Waals surface area (Å²) in [6.45, 7) is 0.416. The SMILES string of the molecule is O=C(NCc1ccc2nonc2c1)N[C@H](c1cccnc1)C1CC1. The number of carbonyl (C=O) groups excluding carboxylic acids is 1. The highest BCUT2D eigenvalue weighted by molar-refractivity contribution is 5.76. The summed E-state index contributed by atoms with van der Waals surface area (Å²) in [6, 6.07) is 9.30. The minimum atomic E-state index is -0.186. The number of nitrogens with one attached hydrogen (secondary N) is 2. The van der Waals surface area contributed by atoms with Crippen molar-refractivity contribution in [1.29, 1.82) is 0 Å². The summed E-state index contributed by atoms with van der Waals surface area (Å²) in [5.41, 5.74) is 3.37. The number of fused-ring (bicyclic) bond motifs is 1. The maximum Gasteiger partial charge on any atom is 0.315 e. The maximum absolute atomic E-state index is 12.3. The van der Waals surface area contributed by atoms with Crippen LogP contribution in [0.5, 0.6) is 0 Å². The van der Waals surface area contributed by atoms with Crippen LogP contribution >= 0.6 is 0 Å². The molecule has 2 N–H and O–H groups in total. The maximum atomic E-state index is 12.3. The van der Waals surface area contributed by atoms with Gasteiger partial charge in [-0.25, -0.2) is 9.42 Å². The number of hydrogen-bond donors (Lipinski definition) is 2. The highest BCUT2D eigenvalue weighted by Gasteiger charge is 2.33. The van der Waals surface area contributed by atoms with Gasteiger partial charge in [0, 0.05) is 18.9 Å². The number of pyridine rings is 1. The first-order chi connectivity index (χ1) is 11.8. The van der Waals surface area contributed by atoms with Crippen LogP contribution in [0.4, 0.5) is 4.79 Å². The molecule has 0 bridgehead atoms. The molecule has 2 aromatic heterocycles. The van der Waals surface area contributed by atoms with Gasteiger partial charge in [0.25, 0.3) is 0 Å². The summed E-state index contributed by atoms with van der Waals surface area (Å²) >= 11 is 0. The predicted octanol–water partition coefficient (Wildman–Crippen LogP) is 2.57. The molecule has 0 unspecified atom stereocenters. The molecule has 2 amide bonds. The fourth-order valence-electron chi connectivity index (χ4n) is 2.78. The first-order valence-electron chi connectivity index (χ1n) is 7.95. The van der Waals surface area contributed by atoms with E-state index < -0.39 is 0 Å². The van der Waals surface area contributed by atoms with Crippen molar-refractivity contribution in [2.75, 3.05) is 0 Å². The molecule has 7 heteroatoms. The van der Waals surface area contributed by atoms with E-state index in [0.29, 0.717) is 23.5 Å². The van der Waals surface area contributed by atoms with Gasteiger partial charge in [-0.05, 0) is 58.4 Å². The van der Waals surface area contributed by atoms with Crippen LogP contribution in [0.1, 0.15) is 30.0 Å². The van der Waals surface area contributed by atoms with Crippen molar-refractivity contribution in [3.05, 3.63) is 53.9 Å². The van der Waals surface area contributed by atoms with Gasteiger partial charge in [-0.15, -0.1) is 0 Å². The van der Waals surface area contributed by atoms with Gasteiger partial charge in [-0.1, -0.05) is 12.1 Å². The van der Waals surface area contributed by atoms with Gasteiger partial charge in [-0.2, -0.15) is 0 Å². The summed E-state index contributed by atoms with van der Waals surface area (Å²) in [4.78, 5) is 16.4. The normalized spacial score (nSPS) is 15.2. The van der Waals surface area contributed by atoms with E-state index in [1.165, 1.54) is 0 Å². The lowest BCUT2D eigenvalue weighted by atomic mass is 10.1. The number of amides is 2. The third-order valence-corrected chi connectivity index (χ3v) is 4.19. The monoisotopic (exact) mass is 323 g/mol. The van der Waals surface area contributed by atoms with E-state index in [9.17, 15) is 4.79 Å². The van der Waals surface area contributed by atoms with Gasteiger partial charge in [0.2, 0.25) is 0 Å². The fraction of sp³-hybridized carbons (Fsp3) is 0.294. The Morgan fingerprint density at radius 3 is 2.92 bits per heavy atom. The van der Waals surface area contributed by atoms with E-state index in [4.69, 9.17) is 0 Å². The molecule has 1 saturated carbocycles. The molecule has 0 radical (unpaired) electrons. The van der Waals surface area contributed by atoms with Gasteiger partial charge in [-0.3, -0.25) is 4.98 Å². The molecule has 4 rings (SSSR count). The van der Waals surface area contributed by atoms with Crippen LogP contribution < -0.4 is 10.6 Å². The van der Waals surface area contributed by atoms with E-state index in [1.54, 1.807) is 6.20 Å². The molecule has 0 saturated heterocycles. The largest absolute Gasteiger partial charge is 0.334 e. The van der Waals surface area contributed by atoms with Gasteiger partial charge >= 0.3 is 6.03 Å². The second-order valence-corrected chi connectivity index (χ2v) is 6.02. The Bertz CT molecular complexity index is 844. The molecule has 1 aliphatic carbocycles. The van der Waals surface area contributed by atoms with Crippen molar-refractivity contribution in [1.82, 2.24) is 25.9 Å². The van der Waals surface area contributed by atoms with Crippen molar-refractivity contribution in [2.45, 2.75) is 25.4 Å². The lowest BCUT2D eigenvalue weighted by Gasteiger charge is -2.18. The summed E-state index contributed by atoms with van der Waals surface area (Å²) in [5.74, 6) is 0.498. The van der Waals surface area contributed by atoms with Crippen molar-refractivity contribution < 1.29 is 9.42 Å². The van der Waals surface area contributed by atoms with Crippen LogP contribution in [0.3, 0.4) is 0 Å². The fourth-order valence-corrected chi connectivity index (χ4v) is 2.78. The third kappa shape index (κ3) is 3.19. The van der Waals surface area contributed by atoms with Gasteiger partial charge < -0.3 is 10.6 Å². The van der Waals surface area contributed by atoms with E-state index in [0.717, 1.165) is 24.0 Å². The first-order valence-corrected chi connectivity index (χ1v) is 7.95. The quantitative estimate of drug-likeness (QED) is 0.753. The number of hydrogen-bond acceptors (Lipinski definition) is 5. The molecular formula is C17H17N5O2. The van der Waals surface area contributed by atoms with Crippen LogP contribution in [0.15, 0.2) is 47.4 Å². The standard InChI is InChI=1S/C17H17N5O2/c23-17(19-9-11-3-6-14-15(8-11)22-24-21-14)20-16(12-4-5-12)13-2-1-7-18-10-13/h1-3,6-8,10,12,16H,4-5,9H2,(H2,19,20,23)/t16-/m0/s1. The number of carbonyl (C=O) groups is 1. The zero-order valence-corrected chi connectivity index (χ0v) is 13.0. The number of rotatable bonds is 5. The van der Waals surface area contributed by atoms with Crippen molar-refractivity contribution in [3.8, 4) is 0 Å². The first kappa shape index (κ1) is 14.6. The molecule has 7 nitrogen and oxygen atoms in total. The molecule has 1 aliphatic rings. The molecule has 1 atom stereocenters. The van der Waals surface area contributed by atoms with Crippen LogP contribution in [0, 0.1) is 5.92 Å². The topological polar surface area (TPSA) is 92.9 Å². The summed E-state index contributed by atoms with van der Waals surface area (Å²) < 4.78 is 4.67. The Kier molecular flexibility index (Phi) is 3.82. The minimum Gasteiger partial charge on any atom is -0.334 e. The number of benzene rings is 1. The van der Waals surface area contributed by atoms with Gasteiger partial charge in [0.1, 0.15) is 11.0 Å². The number of aromatic nitrogens is 3.